The first kappa shape index (κ1) is 21.5. The van der Waals surface area contributed by atoms with Crippen LogP contribution in [0.15, 0.2) is 42.6 Å². The van der Waals surface area contributed by atoms with Crippen LogP contribution >= 0.6 is 0 Å². The largest absolute Gasteiger partial charge is 0.381 e. The molecule has 2 aliphatic rings. The Morgan fingerprint density at radius 1 is 1.15 bits per heavy atom. The zero-order chi connectivity index (χ0) is 23.4. The average molecular weight is 457 g/mol. The molecule has 34 heavy (non-hydrogen) atoms. The second-order valence-corrected chi connectivity index (χ2v) is 10.3. The Bertz CT molecular complexity index is 1380. The fraction of sp³-hybridized carbons (Fsp3) is 0.464. The highest BCUT2D eigenvalue weighted by molar-refractivity contribution is 6.01. The fourth-order valence-electron chi connectivity index (χ4n) is 5.79. The molecule has 1 aromatic carbocycles. The molecule has 0 spiro atoms. The summed E-state index contributed by atoms with van der Waals surface area (Å²) < 4.78 is 10.1. The van der Waals surface area contributed by atoms with E-state index in [1.807, 2.05) is 24.4 Å². The molecule has 0 saturated heterocycles. The lowest BCUT2D eigenvalue weighted by Crippen LogP contribution is -2.32. The Morgan fingerprint density at radius 3 is 2.76 bits per heavy atom. The quantitative estimate of drug-likeness (QED) is 0.353. The Hall–Kier alpha value is -2.99. The molecular formula is C28H32N4O2. The summed E-state index contributed by atoms with van der Waals surface area (Å²) in [5.41, 5.74) is 4.80. The zero-order valence-corrected chi connectivity index (χ0v) is 20.2. The molecule has 2 saturated carbocycles. The molecule has 0 aliphatic heterocycles. The Balaban J connectivity index is 1.36. The van der Waals surface area contributed by atoms with Crippen molar-refractivity contribution in [2.75, 3.05) is 7.11 Å². The van der Waals surface area contributed by atoms with Crippen molar-refractivity contribution in [1.29, 1.82) is 0 Å². The third kappa shape index (κ3) is 3.65. The zero-order valence-electron chi connectivity index (χ0n) is 20.2. The highest BCUT2D eigenvalue weighted by Crippen LogP contribution is 2.37. The van der Waals surface area contributed by atoms with E-state index in [4.69, 9.17) is 9.72 Å². The molecular weight excluding hydrogens is 424 g/mol. The summed E-state index contributed by atoms with van der Waals surface area (Å²) in [6, 6.07) is 12.3. The summed E-state index contributed by atoms with van der Waals surface area (Å²) in [7, 11) is 3.84. The van der Waals surface area contributed by atoms with E-state index in [-0.39, 0.29) is 17.8 Å². The lowest BCUT2D eigenvalue weighted by Gasteiger charge is -2.32. The van der Waals surface area contributed by atoms with Crippen LogP contribution in [0.1, 0.15) is 49.4 Å². The minimum absolute atomic E-state index is 0.0641. The first-order valence-electron chi connectivity index (χ1n) is 12.5. The van der Waals surface area contributed by atoms with Gasteiger partial charge in [0.15, 0.2) is 11.6 Å². The van der Waals surface area contributed by atoms with Gasteiger partial charge in [-0.1, -0.05) is 6.92 Å². The van der Waals surface area contributed by atoms with Crippen molar-refractivity contribution in [2.45, 2.75) is 51.7 Å². The molecule has 0 bridgehead atoms. The standard InChI is InChI=1S/C28H32N4O2/c1-17-13-19(9-11-25(17)34-3)26(33)20-8-10-23-22(14-20)30-28(31(23)2)24-15-21-5-4-12-29-27(21)32(24)16-18-6-7-18/h4-5,8,10,12,14-15,17-19,25H,6-7,9,11,13,16H2,1-3H3/t17-,19?,25+/m1/s1. The number of carbonyl (C=O) groups is 1. The number of rotatable bonds is 6. The summed E-state index contributed by atoms with van der Waals surface area (Å²) in [6.45, 7) is 3.17. The van der Waals surface area contributed by atoms with Gasteiger partial charge in [0.2, 0.25) is 0 Å². The van der Waals surface area contributed by atoms with Crippen LogP contribution in [0, 0.1) is 17.8 Å². The van der Waals surface area contributed by atoms with E-state index in [0.717, 1.165) is 70.9 Å². The number of aromatic nitrogens is 4. The summed E-state index contributed by atoms with van der Waals surface area (Å²) in [5, 5.41) is 1.14. The van der Waals surface area contributed by atoms with Gasteiger partial charge < -0.3 is 13.9 Å². The molecule has 0 N–H and O–H groups in total. The topological polar surface area (TPSA) is 61.9 Å². The van der Waals surface area contributed by atoms with Crippen molar-refractivity contribution >= 4 is 27.9 Å². The number of methoxy groups -OCH3 is 1. The Morgan fingerprint density at radius 2 is 2.00 bits per heavy atom. The van der Waals surface area contributed by atoms with E-state index in [2.05, 4.69) is 46.3 Å². The highest BCUT2D eigenvalue weighted by atomic mass is 16.5. The van der Waals surface area contributed by atoms with Crippen molar-refractivity contribution in [2.24, 2.45) is 24.8 Å². The maximum Gasteiger partial charge on any atom is 0.166 e. The second-order valence-electron chi connectivity index (χ2n) is 10.3. The van der Waals surface area contributed by atoms with Gasteiger partial charge >= 0.3 is 0 Å². The van der Waals surface area contributed by atoms with Crippen molar-refractivity contribution in [3.05, 3.63) is 48.2 Å². The van der Waals surface area contributed by atoms with Crippen molar-refractivity contribution in [3.63, 3.8) is 0 Å². The maximum absolute atomic E-state index is 13.4. The molecule has 4 aromatic rings. The van der Waals surface area contributed by atoms with Gasteiger partial charge in [-0.2, -0.15) is 0 Å². The molecule has 2 fully saturated rings. The normalized spacial score (nSPS) is 23.1. The lowest BCUT2D eigenvalue weighted by molar-refractivity contribution is 0.0163. The van der Waals surface area contributed by atoms with Gasteiger partial charge in [0.05, 0.1) is 22.8 Å². The van der Waals surface area contributed by atoms with Crippen molar-refractivity contribution in [3.8, 4) is 11.5 Å². The van der Waals surface area contributed by atoms with Gasteiger partial charge in [0, 0.05) is 43.8 Å². The molecule has 0 amide bonds. The van der Waals surface area contributed by atoms with Crippen LogP contribution in [-0.2, 0) is 18.3 Å². The maximum atomic E-state index is 13.4. The lowest BCUT2D eigenvalue weighted by atomic mass is 9.77. The van der Waals surface area contributed by atoms with Gasteiger partial charge in [-0.3, -0.25) is 4.79 Å². The van der Waals surface area contributed by atoms with Crippen molar-refractivity contribution < 1.29 is 9.53 Å². The molecule has 6 nitrogen and oxygen atoms in total. The molecule has 2 aliphatic carbocycles. The summed E-state index contributed by atoms with van der Waals surface area (Å²) in [4.78, 5) is 23.1. The van der Waals surface area contributed by atoms with E-state index in [0.29, 0.717) is 5.92 Å². The van der Waals surface area contributed by atoms with Crippen LogP contribution in [0.5, 0.6) is 0 Å². The SMILES string of the molecule is CO[C@H]1CCC(C(=O)c2ccc3c(c2)nc(-c2cc4cccnc4n2CC2CC2)n3C)C[C@H]1C. The summed E-state index contributed by atoms with van der Waals surface area (Å²) >= 11 is 0. The minimum Gasteiger partial charge on any atom is -0.381 e. The summed E-state index contributed by atoms with van der Waals surface area (Å²) in [5.74, 6) is 2.36. The number of ether oxygens (including phenoxy) is 1. The van der Waals surface area contributed by atoms with Crippen molar-refractivity contribution in [1.82, 2.24) is 19.1 Å². The molecule has 1 unspecified atom stereocenters. The monoisotopic (exact) mass is 456 g/mol. The van der Waals surface area contributed by atoms with Crippen LogP contribution in [-0.4, -0.2) is 38.1 Å². The number of carbonyl (C=O) groups excluding carboxylic acids is 1. The number of hydrogen-bond acceptors (Lipinski definition) is 4. The van der Waals surface area contributed by atoms with E-state index < -0.39 is 0 Å². The summed E-state index contributed by atoms with van der Waals surface area (Å²) in [6.07, 6.45) is 7.42. The van der Waals surface area contributed by atoms with Crippen LogP contribution in [0.3, 0.4) is 0 Å². The van der Waals surface area contributed by atoms with E-state index in [9.17, 15) is 4.79 Å². The molecule has 3 atom stereocenters. The number of hydrogen-bond donors (Lipinski definition) is 0. The number of benzene rings is 1. The fourth-order valence-corrected chi connectivity index (χ4v) is 5.79. The Labute approximate surface area is 200 Å². The van der Waals surface area contributed by atoms with Crippen LogP contribution < -0.4 is 0 Å². The number of pyridine rings is 1. The van der Waals surface area contributed by atoms with Gasteiger partial charge in [0.25, 0.3) is 0 Å². The first-order chi connectivity index (χ1) is 16.5. The van der Waals surface area contributed by atoms with Crippen LogP contribution in [0.25, 0.3) is 33.6 Å². The smallest absolute Gasteiger partial charge is 0.166 e. The molecule has 3 aromatic heterocycles. The first-order valence-corrected chi connectivity index (χ1v) is 12.5. The molecule has 6 rings (SSSR count). The third-order valence-electron chi connectivity index (χ3n) is 7.95. The van der Waals surface area contributed by atoms with Crippen LogP contribution in [0.2, 0.25) is 0 Å². The molecule has 0 radical (unpaired) electrons. The molecule has 3 heterocycles. The third-order valence-corrected chi connectivity index (χ3v) is 7.95. The number of Topliss-reactive ketones (excluding diaryl/α,β-unsaturated/α-hetero) is 1. The average Bonchev–Trinajstić information content (AvgIpc) is 3.52. The minimum atomic E-state index is 0.0641. The predicted molar refractivity (Wildman–Crippen MR) is 134 cm³/mol. The number of imidazole rings is 1. The number of aryl methyl sites for hydroxylation is 1. The Kier molecular flexibility index (Phi) is 5.29. The van der Waals surface area contributed by atoms with Gasteiger partial charge in [-0.05, 0) is 80.3 Å². The second kappa shape index (κ2) is 8.35. The highest BCUT2D eigenvalue weighted by Gasteiger charge is 2.32. The number of nitrogens with zero attached hydrogens (tertiary/aromatic N) is 4. The predicted octanol–water partition coefficient (Wildman–Crippen LogP) is 5.63. The van der Waals surface area contributed by atoms with Gasteiger partial charge in [-0.15, -0.1) is 0 Å². The molecule has 6 heteroatoms. The number of fused-ring (bicyclic) bond motifs is 2. The van der Waals surface area contributed by atoms with E-state index in [1.165, 1.54) is 12.8 Å². The van der Waals surface area contributed by atoms with E-state index >= 15 is 0 Å². The molecule has 176 valence electrons. The van der Waals surface area contributed by atoms with E-state index in [1.54, 1.807) is 7.11 Å². The van der Waals surface area contributed by atoms with Gasteiger partial charge in [-0.25, -0.2) is 9.97 Å². The van der Waals surface area contributed by atoms with Crippen LogP contribution in [0.4, 0.5) is 0 Å². The van der Waals surface area contributed by atoms with Gasteiger partial charge in [0.1, 0.15) is 5.65 Å². The number of ketones is 1.